The summed E-state index contributed by atoms with van der Waals surface area (Å²) in [5.74, 6) is 0. The average molecular weight is 202 g/mol. The van der Waals surface area contributed by atoms with Crippen LogP contribution >= 0.6 is 0 Å². The van der Waals surface area contributed by atoms with Crippen LogP contribution < -0.4 is 0 Å². The molecule has 1 aliphatic heterocycles. The van der Waals surface area contributed by atoms with Crippen LogP contribution in [0.1, 0.15) is 42.3 Å². The summed E-state index contributed by atoms with van der Waals surface area (Å²) >= 11 is 0. The Morgan fingerprint density at radius 3 is 2.80 bits per heavy atom. The van der Waals surface area contributed by atoms with Gasteiger partial charge in [0.2, 0.25) is 0 Å². The number of fused-ring (bicyclic) bond motifs is 1. The summed E-state index contributed by atoms with van der Waals surface area (Å²) in [7, 11) is 2.07. The van der Waals surface area contributed by atoms with Gasteiger partial charge in [0.15, 0.2) is 0 Å². The predicted octanol–water partition coefficient (Wildman–Crippen LogP) is 1.43. The Labute approximate surface area is 89.1 Å². The molecule has 78 valence electrons. The van der Waals surface area contributed by atoms with Crippen LogP contribution in [0, 0.1) is 11.3 Å². The van der Waals surface area contributed by atoms with Gasteiger partial charge in [-0.1, -0.05) is 0 Å². The average Bonchev–Trinajstić information content (AvgIpc) is 2.57. The summed E-state index contributed by atoms with van der Waals surface area (Å²) in [6, 6.07) is 2.82. The normalized spacial score (nSPS) is 21.1. The molecule has 0 atom stereocenters. The number of nitriles is 1. The van der Waals surface area contributed by atoms with Gasteiger partial charge in [0.1, 0.15) is 11.8 Å². The molecule has 0 aromatic carbocycles. The Morgan fingerprint density at radius 1 is 1.40 bits per heavy atom. The van der Waals surface area contributed by atoms with Crippen molar-refractivity contribution in [2.24, 2.45) is 0 Å². The highest BCUT2D eigenvalue weighted by Gasteiger charge is 2.30. The topological polar surface area (TPSA) is 44.9 Å². The second-order valence-electron chi connectivity index (χ2n) is 4.59. The molecule has 3 rings (SSSR count). The number of nitrogens with zero attached hydrogens (tertiary/aromatic N) is 4. The molecule has 0 saturated heterocycles. The van der Waals surface area contributed by atoms with Crippen LogP contribution in [0.2, 0.25) is 0 Å². The third-order valence-electron chi connectivity index (χ3n) is 3.47. The third kappa shape index (κ3) is 1.20. The highest BCUT2D eigenvalue weighted by Crippen LogP contribution is 2.35. The second kappa shape index (κ2) is 3.07. The molecule has 0 unspecified atom stereocenters. The van der Waals surface area contributed by atoms with E-state index in [1.165, 1.54) is 19.3 Å². The van der Waals surface area contributed by atoms with E-state index >= 15 is 0 Å². The zero-order valence-electron chi connectivity index (χ0n) is 8.90. The van der Waals surface area contributed by atoms with Crippen LogP contribution in [-0.4, -0.2) is 21.7 Å². The van der Waals surface area contributed by atoms with E-state index in [1.807, 2.05) is 4.68 Å². The summed E-state index contributed by atoms with van der Waals surface area (Å²) in [5, 5.41) is 13.8. The molecule has 0 N–H and O–H groups in total. The SMILES string of the molecule is CN1Cc2nn(C3CCC3)c(C#N)c2C1. The van der Waals surface area contributed by atoms with Gasteiger partial charge in [0.05, 0.1) is 11.7 Å². The molecule has 1 saturated carbocycles. The molecule has 1 aromatic rings. The Hall–Kier alpha value is -1.34. The van der Waals surface area contributed by atoms with Gasteiger partial charge in [0, 0.05) is 18.7 Å². The first-order valence-corrected chi connectivity index (χ1v) is 5.48. The molecule has 2 heterocycles. The van der Waals surface area contributed by atoms with E-state index in [4.69, 9.17) is 0 Å². The summed E-state index contributed by atoms with van der Waals surface area (Å²) < 4.78 is 1.97. The molecule has 4 nitrogen and oxygen atoms in total. The lowest BCUT2D eigenvalue weighted by Crippen LogP contribution is -2.21. The van der Waals surface area contributed by atoms with Crippen molar-refractivity contribution in [1.82, 2.24) is 14.7 Å². The van der Waals surface area contributed by atoms with Crippen molar-refractivity contribution in [3.05, 3.63) is 17.0 Å². The highest BCUT2D eigenvalue weighted by molar-refractivity contribution is 5.38. The van der Waals surface area contributed by atoms with Gasteiger partial charge in [-0.25, -0.2) is 0 Å². The van der Waals surface area contributed by atoms with E-state index in [0.717, 1.165) is 30.0 Å². The minimum atomic E-state index is 0.496. The van der Waals surface area contributed by atoms with Crippen LogP contribution in [0.25, 0.3) is 0 Å². The smallest absolute Gasteiger partial charge is 0.143 e. The van der Waals surface area contributed by atoms with Gasteiger partial charge in [-0.05, 0) is 26.3 Å². The van der Waals surface area contributed by atoms with Crippen molar-refractivity contribution in [3.63, 3.8) is 0 Å². The van der Waals surface area contributed by atoms with Gasteiger partial charge in [0.25, 0.3) is 0 Å². The first-order chi connectivity index (χ1) is 7.29. The largest absolute Gasteiger partial charge is 0.296 e. The molecular weight excluding hydrogens is 188 g/mol. The fraction of sp³-hybridized carbons (Fsp3) is 0.636. The minimum absolute atomic E-state index is 0.496. The molecular formula is C11H14N4. The standard InChI is InChI=1S/C11H14N4/c1-14-6-9-10(7-14)13-15(11(9)5-12)8-3-2-4-8/h8H,2-4,6-7H2,1H3. The van der Waals surface area contributed by atoms with E-state index in [0.29, 0.717) is 6.04 Å². The number of hydrogen-bond acceptors (Lipinski definition) is 3. The minimum Gasteiger partial charge on any atom is -0.296 e. The molecule has 1 aromatic heterocycles. The van der Waals surface area contributed by atoms with E-state index in [9.17, 15) is 5.26 Å². The lowest BCUT2D eigenvalue weighted by Gasteiger charge is -2.26. The zero-order valence-corrected chi connectivity index (χ0v) is 8.90. The molecule has 4 heteroatoms. The summed E-state index contributed by atoms with van der Waals surface area (Å²) in [5.41, 5.74) is 3.08. The Kier molecular flexibility index (Phi) is 1.83. The molecule has 0 spiro atoms. The Morgan fingerprint density at radius 2 is 2.20 bits per heavy atom. The van der Waals surface area contributed by atoms with Crippen LogP contribution in [0.5, 0.6) is 0 Å². The van der Waals surface area contributed by atoms with Crippen LogP contribution in [-0.2, 0) is 13.1 Å². The van der Waals surface area contributed by atoms with Crippen molar-refractivity contribution in [2.75, 3.05) is 7.05 Å². The van der Waals surface area contributed by atoms with Crippen molar-refractivity contribution in [1.29, 1.82) is 5.26 Å². The first-order valence-electron chi connectivity index (χ1n) is 5.48. The summed E-state index contributed by atoms with van der Waals surface area (Å²) in [6.45, 7) is 1.77. The third-order valence-corrected chi connectivity index (χ3v) is 3.47. The second-order valence-corrected chi connectivity index (χ2v) is 4.59. The van der Waals surface area contributed by atoms with E-state index < -0.39 is 0 Å². The first kappa shape index (κ1) is 8.93. The van der Waals surface area contributed by atoms with Crippen molar-refractivity contribution in [3.8, 4) is 6.07 Å². The van der Waals surface area contributed by atoms with Gasteiger partial charge >= 0.3 is 0 Å². The molecule has 2 aliphatic rings. The van der Waals surface area contributed by atoms with Gasteiger partial charge < -0.3 is 0 Å². The van der Waals surface area contributed by atoms with Gasteiger partial charge in [-0.2, -0.15) is 10.4 Å². The quantitative estimate of drug-likeness (QED) is 0.692. The number of aromatic nitrogens is 2. The Balaban J connectivity index is 2.04. The molecule has 1 aliphatic carbocycles. The lowest BCUT2D eigenvalue weighted by atomic mass is 9.93. The number of rotatable bonds is 1. The lowest BCUT2D eigenvalue weighted by molar-refractivity contribution is 0.278. The zero-order chi connectivity index (χ0) is 10.4. The van der Waals surface area contributed by atoms with Crippen LogP contribution in [0.3, 0.4) is 0 Å². The fourth-order valence-electron chi connectivity index (χ4n) is 2.40. The predicted molar refractivity (Wildman–Crippen MR) is 55.0 cm³/mol. The van der Waals surface area contributed by atoms with Crippen molar-refractivity contribution >= 4 is 0 Å². The molecule has 1 fully saturated rings. The maximum atomic E-state index is 9.20. The number of hydrogen-bond donors (Lipinski definition) is 0. The summed E-state index contributed by atoms with van der Waals surface area (Å²) in [4.78, 5) is 2.20. The molecule has 0 bridgehead atoms. The van der Waals surface area contributed by atoms with E-state index in [2.05, 4.69) is 23.1 Å². The van der Waals surface area contributed by atoms with Crippen molar-refractivity contribution in [2.45, 2.75) is 38.4 Å². The maximum Gasteiger partial charge on any atom is 0.143 e. The monoisotopic (exact) mass is 202 g/mol. The highest BCUT2D eigenvalue weighted by atomic mass is 15.3. The fourth-order valence-corrected chi connectivity index (χ4v) is 2.40. The Bertz CT molecular complexity index is 436. The van der Waals surface area contributed by atoms with Crippen molar-refractivity contribution < 1.29 is 0 Å². The van der Waals surface area contributed by atoms with E-state index in [1.54, 1.807) is 0 Å². The van der Waals surface area contributed by atoms with E-state index in [-0.39, 0.29) is 0 Å². The molecule has 0 amide bonds. The summed E-state index contributed by atoms with van der Waals surface area (Å²) in [6.07, 6.45) is 3.65. The van der Waals surface area contributed by atoms with Gasteiger partial charge in [-0.15, -0.1) is 0 Å². The van der Waals surface area contributed by atoms with Crippen LogP contribution in [0.4, 0.5) is 0 Å². The van der Waals surface area contributed by atoms with Crippen LogP contribution in [0.15, 0.2) is 0 Å². The maximum absolute atomic E-state index is 9.20. The van der Waals surface area contributed by atoms with Gasteiger partial charge in [-0.3, -0.25) is 9.58 Å². The molecule has 15 heavy (non-hydrogen) atoms. The molecule has 0 radical (unpaired) electrons.